The number of nitrogens with zero attached hydrogens (tertiary/aromatic N) is 4. The number of rotatable bonds is 3. The van der Waals surface area contributed by atoms with Crippen LogP contribution < -0.4 is 14.8 Å². The van der Waals surface area contributed by atoms with E-state index in [1.165, 1.54) is 0 Å². The van der Waals surface area contributed by atoms with E-state index in [4.69, 9.17) is 9.47 Å². The van der Waals surface area contributed by atoms with E-state index < -0.39 is 0 Å². The van der Waals surface area contributed by atoms with E-state index in [1.807, 2.05) is 32.2 Å². The van der Waals surface area contributed by atoms with E-state index >= 15 is 0 Å². The van der Waals surface area contributed by atoms with Crippen molar-refractivity contribution in [1.82, 2.24) is 19.7 Å². The van der Waals surface area contributed by atoms with Gasteiger partial charge in [0.1, 0.15) is 12.1 Å². The van der Waals surface area contributed by atoms with Gasteiger partial charge in [-0.25, -0.2) is 9.97 Å². The number of nitrogens with one attached hydrogen (secondary N) is 1. The van der Waals surface area contributed by atoms with E-state index in [0.717, 1.165) is 39.6 Å². The van der Waals surface area contributed by atoms with Crippen molar-refractivity contribution in [2.75, 3.05) is 12.1 Å². The summed E-state index contributed by atoms with van der Waals surface area (Å²) in [5.74, 6) is 2.36. The Hall–Kier alpha value is -2.83. The predicted octanol–water partition coefficient (Wildman–Crippen LogP) is 2.01. The molecule has 3 heterocycles. The van der Waals surface area contributed by atoms with E-state index in [2.05, 4.69) is 20.4 Å². The lowest BCUT2D eigenvalue weighted by atomic mass is 10.2. The third-order valence-electron chi connectivity index (χ3n) is 3.69. The highest BCUT2D eigenvalue weighted by Gasteiger charge is 2.14. The highest BCUT2D eigenvalue weighted by atomic mass is 16.7. The molecular weight excluding hydrogens is 282 g/mol. The zero-order chi connectivity index (χ0) is 15.1. The first kappa shape index (κ1) is 12.9. The van der Waals surface area contributed by atoms with Gasteiger partial charge in [0.25, 0.3) is 0 Å². The molecule has 0 saturated carbocycles. The molecule has 7 nitrogen and oxygen atoms in total. The number of aryl methyl sites for hydroxylation is 2. The van der Waals surface area contributed by atoms with Gasteiger partial charge in [0.2, 0.25) is 6.79 Å². The van der Waals surface area contributed by atoms with Crippen molar-refractivity contribution in [1.29, 1.82) is 0 Å². The summed E-state index contributed by atoms with van der Waals surface area (Å²) in [6, 6.07) is 5.91. The summed E-state index contributed by atoms with van der Waals surface area (Å²) in [7, 11) is 1.88. The smallest absolute Gasteiger partial charge is 0.231 e. The SMILES string of the molecule is Cc1nn(C)c2ncnc(NCc3ccc4c(c3)OCO4)c12. The number of benzene rings is 1. The van der Waals surface area contributed by atoms with Crippen LogP contribution in [0.25, 0.3) is 11.0 Å². The molecule has 0 unspecified atom stereocenters. The lowest BCUT2D eigenvalue weighted by Gasteiger charge is -2.07. The van der Waals surface area contributed by atoms with Crippen molar-refractivity contribution in [2.24, 2.45) is 7.05 Å². The number of anilines is 1. The maximum atomic E-state index is 5.39. The van der Waals surface area contributed by atoms with Crippen LogP contribution >= 0.6 is 0 Å². The molecule has 0 amide bonds. The van der Waals surface area contributed by atoms with Crippen LogP contribution in [-0.4, -0.2) is 26.5 Å². The highest BCUT2D eigenvalue weighted by molar-refractivity contribution is 5.89. The van der Waals surface area contributed by atoms with Crippen molar-refractivity contribution in [3.63, 3.8) is 0 Å². The molecule has 1 aromatic carbocycles. The summed E-state index contributed by atoms with van der Waals surface area (Å²) < 4.78 is 12.5. The minimum Gasteiger partial charge on any atom is -0.454 e. The fraction of sp³-hybridized carbons (Fsp3) is 0.267. The van der Waals surface area contributed by atoms with Crippen molar-refractivity contribution in [2.45, 2.75) is 13.5 Å². The minimum atomic E-state index is 0.285. The third-order valence-corrected chi connectivity index (χ3v) is 3.69. The first-order chi connectivity index (χ1) is 10.7. The summed E-state index contributed by atoms with van der Waals surface area (Å²) in [5, 5.41) is 8.69. The molecule has 0 aliphatic carbocycles. The number of ether oxygens (including phenoxy) is 2. The Morgan fingerprint density at radius 1 is 1.23 bits per heavy atom. The van der Waals surface area contributed by atoms with Crippen LogP contribution in [0.1, 0.15) is 11.3 Å². The van der Waals surface area contributed by atoms with Gasteiger partial charge in [-0.1, -0.05) is 6.07 Å². The minimum absolute atomic E-state index is 0.285. The Labute approximate surface area is 126 Å². The second-order valence-electron chi connectivity index (χ2n) is 5.17. The lowest BCUT2D eigenvalue weighted by Crippen LogP contribution is -2.03. The second-order valence-corrected chi connectivity index (χ2v) is 5.17. The van der Waals surface area contributed by atoms with Crippen molar-refractivity contribution < 1.29 is 9.47 Å². The van der Waals surface area contributed by atoms with Crippen LogP contribution in [0.15, 0.2) is 24.5 Å². The number of fused-ring (bicyclic) bond motifs is 2. The molecule has 7 heteroatoms. The maximum Gasteiger partial charge on any atom is 0.231 e. The van der Waals surface area contributed by atoms with Crippen LogP contribution in [0.2, 0.25) is 0 Å². The molecule has 1 aliphatic heterocycles. The molecule has 0 radical (unpaired) electrons. The zero-order valence-electron chi connectivity index (χ0n) is 12.3. The quantitative estimate of drug-likeness (QED) is 0.797. The first-order valence-corrected chi connectivity index (χ1v) is 6.99. The van der Waals surface area contributed by atoms with Gasteiger partial charge >= 0.3 is 0 Å². The molecule has 3 aromatic rings. The Morgan fingerprint density at radius 3 is 3.00 bits per heavy atom. The van der Waals surface area contributed by atoms with E-state index in [9.17, 15) is 0 Å². The van der Waals surface area contributed by atoms with Crippen molar-refractivity contribution >= 4 is 16.9 Å². The van der Waals surface area contributed by atoms with Crippen molar-refractivity contribution in [3.8, 4) is 11.5 Å². The van der Waals surface area contributed by atoms with Gasteiger partial charge in [-0.05, 0) is 24.6 Å². The average Bonchev–Trinajstić information content (AvgIpc) is 3.10. The fourth-order valence-electron chi connectivity index (χ4n) is 2.65. The summed E-state index contributed by atoms with van der Waals surface area (Å²) >= 11 is 0. The summed E-state index contributed by atoms with van der Waals surface area (Å²) in [5.41, 5.74) is 2.82. The Morgan fingerprint density at radius 2 is 2.09 bits per heavy atom. The molecule has 1 N–H and O–H groups in total. The topological polar surface area (TPSA) is 74.1 Å². The molecule has 22 heavy (non-hydrogen) atoms. The first-order valence-electron chi connectivity index (χ1n) is 6.99. The molecule has 0 atom stereocenters. The largest absolute Gasteiger partial charge is 0.454 e. The van der Waals surface area contributed by atoms with Crippen LogP contribution in [0.3, 0.4) is 0 Å². The molecule has 2 aromatic heterocycles. The van der Waals surface area contributed by atoms with Gasteiger partial charge in [-0.15, -0.1) is 0 Å². The van der Waals surface area contributed by atoms with Gasteiger partial charge in [0.15, 0.2) is 17.1 Å². The van der Waals surface area contributed by atoms with Gasteiger partial charge in [0.05, 0.1) is 11.1 Å². The Kier molecular flexibility index (Phi) is 2.85. The Balaban J connectivity index is 1.62. The van der Waals surface area contributed by atoms with Crippen LogP contribution in [0.5, 0.6) is 11.5 Å². The molecule has 0 saturated heterocycles. The van der Waals surface area contributed by atoms with Crippen molar-refractivity contribution in [3.05, 3.63) is 35.8 Å². The third kappa shape index (κ3) is 2.02. The monoisotopic (exact) mass is 297 g/mol. The van der Waals surface area contributed by atoms with Crippen LogP contribution in [-0.2, 0) is 13.6 Å². The summed E-state index contributed by atoms with van der Waals surface area (Å²) in [6.45, 7) is 2.88. The lowest BCUT2D eigenvalue weighted by molar-refractivity contribution is 0.174. The fourth-order valence-corrected chi connectivity index (χ4v) is 2.65. The predicted molar refractivity (Wildman–Crippen MR) is 80.9 cm³/mol. The maximum absolute atomic E-state index is 5.39. The number of hydrogen-bond acceptors (Lipinski definition) is 6. The van der Waals surface area contributed by atoms with E-state index in [1.54, 1.807) is 11.0 Å². The van der Waals surface area contributed by atoms with E-state index in [-0.39, 0.29) is 6.79 Å². The molecule has 112 valence electrons. The number of aromatic nitrogens is 4. The summed E-state index contributed by atoms with van der Waals surface area (Å²) in [4.78, 5) is 8.61. The normalized spacial score (nSPS) is 12.8. The number of hydrogen-bond donors (Lipinski definition) is 1. The standard InChI is InChI=1S/C15H15N5O2/c1-9-13-14(17-7-18-15(13)20(2)19-9)16-6-10-3-4-11-12(5-10)22-8-21-11/h3-5,7H,6,8H2,1-2H3,(H,16,17,18). The molecular formula is C15H15N5O2. The second kappa shape index (κ2) is 4.87. The molecule has 0 fully saturated rings. The molecule has 1 aliphatic rings. The van der Waals surface area contributed by atoms with Crippen LogP contribution in [0, 0.1) is 6.92 Å². The van der Waals surface area contributed by atoms with Gasteiger partial charge in [0, 0.05) is 13.6 Å². The van der Waals surface area contributed by atoms with Gasteiger partial charge in [-0.2, -0.15) is 5.10 Å². The van der Waals surface area contributed by atoms with E-state index in [0.29, 0.717) is 6.54 Å². The Bertz CT molecular complexity index is 859. The average molecular weight is 297 g/mol. The zero-order valence-corrected chi connectivity index (χ0v) is 12.3. The molecule has 0 bridgehead atoms. The van der Waals surface area contributed by atoms with Crippen LogP contribution in [0.4, 0.5) is 5.82 Å². The van der Waals surface area contributed by atoms with Gasteiger partial charge < -0.3 is 14.8 Å². The molecule has 4 rings (SSSR count). The summed E-state index contributed by atoms with van der Waals surface area (Å²) in [6.07, 6.45) is 1.55. The van der Waals surface area contributed by atoms with Gasteiger partial charge in [-0.3, -0.25) is 4.68 Å². The molecule has 0 spiro atoms. The highest BCUT2D eigenvalue weighted by Crippen LogP contribution is 2.32.